The molecule has 0 saturated carbocycles. The Labute approximate surface area is 264 Å². The molecule has 0 spiro atoms. The molecule has 45 heavy (non-hydrogen) atoms. The lowest BCUT2D eigenvalue weighted by Gasteiger charge is -2.30. The maximum absolute atomic E-state index is 13.5. The maximum atomic E-state index is 13.5. The van der Waals surface area contributed by atoms with Gasteiger partial charge >= 0.3 is 0 Å². The molecular formula is C35H42N4O6. The number of hydrogen-bond donors (Lipinski definition) is 2. The van der Waals surface area contributed by atoms with Gasteiger partial charge in [0.25, 0.3) is 5.91 Å². The number of aryl methyl sites for hydroxylation is 1. The van der Waals surface area contributed by atoms with Gasteiger partial charge in [0.1, 0.15) is 24.1 Å². The van der Waals surface area contributed by atoms with Crippen LogP contribution < -0.4 is 20.1 Å². The Hall–Kier alpha value is -4.86. The van der Waals surface area contributed by atoms with Gasteiger partial charge in [-0.05, 0) is 61.1 Å². The van der Waals surface area contributed by atoms with E-state index in [4.69, 9.17) is 9.47 Å². The first-order valence-electron chi connectivity index (χ1n) is 15.2. The van der Waals surface area contributed by atoms with Crippen LogP contribution in [0, 0.1) is 0 Å². The number of amides is 4. The smallest absolute Gasteiger partial charge is 0.255 e. The lowest BCUT2D eigenvalue weighted by Crippen LogP contribution is -2.48. The molecule has 2 atom stereocenters. The molecule has 1 heterocycles. The summed E-state index contributed by atoms with van der Waals surface area (Å²) in [4.78, 5) is 56.2. The molecule has 0 aliphatic carbocycles. The molecular weight excluding hydrogens is 572 g/mol. The number of para-hydroxylation sites is 1. The summed E-state index contributed by atoms with van der Waals surface area (Å²) >= 11 is 0. The van der Waals surface area contributed by atoms with Crippen molar-refractivity contribution < 1.29 is 28.7 Å². The van der Waals surface area contributed by atoms with Crippen molar-refractivity contribution in [2.75, 3.05) is 40.9 Å². The van der Waals surface area contributed by atoms with Crippen LogP contribution in [0.5, 0.6) is 11.5 Å². The number of carbonyl (C=O) groups excluding carboxylic acids is 4. The summed E-state index contributed by atoms with van der Waals surface area (Å²) in [5.41, 5.74) is 2.37. The summed E-state index contributed by atoms with van der Waals surface area (Å²) in [6.45, 7) is 0.389. The van der Waals surface area contributed by atoms with Gasteiger partial charge in [0, 0.05) is 27.1 Å². The van der Waals surface area contributed by atoms with E-state index in [2.05, 4.69) is 10.6 Å². The number of carbonyl (C=O) groups is 4. The number of ether oxygens (including phenoxy) is 2. The van der Waals surface area contributed by atoms with Gasteiger partial charge in [-0.15, -0.1) is 0 Å². The van der Waals surface area contributed by atoms with Crippen molar-refractivity contribution in [1.82, 2.24) is 20.4 Å². The number of nitrogens with zero attached hydrogens (tertiary/aromatic N) is 2. The van der Waals surface area contributed by atoms with Crippen LogP contribution in [-0.4, -0.2) is 86.4 Å². The number of nitrogens with one attached hydrogen (secondary N) is 2. The van der Waals surface area contributed by atoms with Crippen LogP contribution in [0.4, 0.5) is 0 Å². The van der Waals surface area contributed by atoms with Gasteiger partial charge in [0.2, 0.25) is 17.7 Å². The Morgan fingerprint density at radius 1 is 0.956 bits per heavy atom. The molecule has 4 amide bonds. The lowest BCUT2D eigenvalue weighted by atomic mass is 10.1. The normalized spacial score (nSPS) is 18.2. The molecule has 0 aromatic heterocycles. The van der Waals surface area contributed by atoms with Crippen LogP contribution in [0.2, 0.25) is 0 Å². The highest BCUT2D eigenvalue weighted by Gasteiger charge is 2.28. The molecule has 3 aromatic carbocycles. The average molecular weight is 615 g/mol. The van der Waals surface area contributed by atoms with Gasteiger partial charge in [0.05, 0.1) is 25.3 Å². The number of likely N-dealkylation sites (N-methyl/N-ethyl adjacent to an activating group) is 2. The quantitative estimate of drug-likeness (QED) is 0.377. The molecule has 1 aliphatic rings. The van der Waals surface area contributed by atoms with Gasteiger partial charge < -0.3 is 29.9 Å². The van der Waals surface area contributed by atoms with Crippen LogP contribution in [0.25, 0.3) is 0 Å². The highest BCUT2D eigenvalue weighted by molar-refractivity contribution is 5.99. The van der Waals surface area contributed by atoms with Gasteiger partial charge in [-0.3, -0.25) is 19.2 Å². The Kier molecular flexibility index (Phi) is 12.0. The maximum Gasteiger partial charge on any atom is 0.255 e. The van der Waals surface area contributed by atoms with Crippen molar-refractivity contribution in [3.8, 4) is 11.5 Å². The zero-order valence-corrected chi connectivity index (χ0v) is 26.2. The van der Waals surface area contributed by atoms with E-state index in [0.29, 0.717) is 25.1 Å². The molecule has 3 aromatic rings. The summed E-state index contributed by atoms with van der Waals surface area (Å²) in [5, 5.41) is 5.73. The van der Waals surface area contributed by atoms with Crippen molar-refractivity contribution in [1.29, 1.82) is 0 Å². The zero-order chi connectivity index (χ0) is 32.2. The van der Waals surface area contributed by atoms with Crippen LogP contribution in [0.3, 0.4) is 0 Å². The second-order valence-electron chi connectivity index (χ2n) is 11.2. The van der Waals surface area contributed by atoms with Crippen molar-refractivity contribution >= 4 is 23.6 Å². The first-order valence-corrected chi connectivity index (χ1v) is 15.2. The minimum Gasteiger partial charge on any atom is -0.497 e. The second-order valence-corrected chi connectivity index (χ2v) is 11.2. The van der Waals surface area contributed by atoms with Gasteiger partial charge in [-0.1, -0.05) is 54.6 Å². The van der Waals surface area contributed by atoms with Crippen molar-refractivity contribution in [2.45, 2.75) is 44.2 Å². The molecule has 0 saturated heterocycles. The highest BCUT2D eigenvalue weighted by Crippen LogP contribution is 2.21. The number of fused-ring (bicyclic) bond motifs is 1. The summed E-state index contributed by atoms with van der Waals surface area (Å²) in [5.74, 6) is -0.290. The molecule has 10 heteroatoms. The molecule has 2 N–H and O–H groups in total. The third-order valence-corrected chi connectivity index (χ3v) is 7.96. The predicted octanol–water partition coefficient (Wildman–Crippen LogP) is 3.24. The fourth-order valence-electron chi connectivity index (χ4n) is 5.18. The SMILES string of the molecule is COc1cccc(CCCNC(=O)[C@@H]2CCC(=O)N(C)CC(=O)N(C)[C@H](Cc3ccccc3)COc3ccccc3C(=O)N2)c1. The van der Waals surface area contributed by atoms with E-state index in [9.17, 15) is 19.2 Å². The Balaban J connectivity index is 1.50. The molecule has 1 aliphatic heterocycles. The number of benzene rings is 3. The Morgan fingerprint density at radius 2 is 1.69 bits per heavy atom. The van der Waals surface area contributed by atoms with Crippen molar-refractivity contribution in [2.24, 2.45) is 0 Å². The van der Waals surface area contributed by atoms with Gasteiger partial charge in [0.15, 0.2) is 0 Å². The summed E-state index contributed by atoms with van der Waals surface area (Å²) in [7, 11) is 4.88. The second kappa shape index (κ2) is 16.3. The van der Waals surface area contributed by atoms with E-state index >= 15 is 0 Å². The first kappa shape index (κ1) is 33.0. The van der Waals surface area contributed by atoms with E-state index in [1.165, 1.54) is 4.90 Å². The average Bonchev–Trinajstić information content (AvgIpc) is 3.06. The Bertz CT molecular complexity index is 1460. The van der Waals surface area contributed by atoms with Crippen LogP contribution in [0.1, 0.15) is 40.7 Å². The van der Waals surface area contributed by atoms with E-state index in [1.807, 2.05) is 54.6 Å². The number of hydrogen-bond acceptors (Lipinski definition) is 6. The molecule has 0 bridgehead atoms. The third-order valence-electron chi connectivity index (χ3n) is 7.96. The molecule has 0 fully saturated rings. The zero-order valence-electron chi connectivity index (χ0n) is 26.2. The summed E-state index contributed by atoms with van der Waals surface area (Å²) in [6.07, 6.45) is 1.98. The van der Waals surface area contributed by atoms with Crippen LogP contribution in [0.15, 0.2) is 78.9 Å². The van der Waals surface area contributed by atoms with Crippen molar-refractivity contribution in [3.05, 3.63) is 95.6 Å². The third kappa shape index (κ3) is 9.56. The standard InChI is InChI=1S/C35H42N4O6/c1-38-23-33(41)39(2)27(21-25-11-5-4-6-12-25)24-45-31-17-8-7-16-29(31)34(42)37-30(18-19-32(38)40)35(43)36-20-10-14-26-13-9-15-28(22-26)44-3/h4-9,11-13,15-17,22,27,30H,10,14,18-21,23-24H2,1-3H3,(H,36,43)(H,37,42)/t27-,30+/m1/s1. The monoisotopic (exact) mass is 614 g/mol. The van der Waals surface area contributed by atoms with Crippen molar-refractivity contribution in [3.63, 3.8) is 0 Å². The highest BCUT2D eigenvalue weighted by atomic mass is 16.5. The molecule has 0 radical (unpaired) electrons. The van der Waals surface area contributed by atoms with Gasteiger partial charge in [-0.25, -0.2) is 0 Å². The largest absolute Gasteiger partial charge is 0.497 e. The number of rotatable bonds is 8. The summed E-state index contributed by atoms with van der Waals surface area (Å²) < 4.78 is 11.5. The fourth-order valence-corrected chi connectivity index (χ4v) is 5.18. The minimum absolute atomic E-state index is 0.0265. The minimum atomic E-state index is -0.964. The van der Waals surface area contributed by atoms with E-state index in [0.717, 1.165) is 23.3 Å². The van der Waals surface area contributed by atoms with Crippen LogP contribution >= 0.6 is 0 Å². The molecule has 10 nitrogen and oxygen atoms in total. The fraction of sp³-hybridized carbons (Fsp3) is 0.371. The Morgan fingerprint density at radius 3 is 2.47 bits per heavy atom. The van der Waals surface area contributed by atoms with E-state index in [1.54, 1.807) is 50.4 Å². The van der Waals surface area contributed by atoms with E-state index < -0.39 is 11.9 Å². The topological polar surface area (TPSA) is 117 Å². The predicted molar refractivity (Wildman–Crippen MR) is 171 cm³/mol. The molecule has 4 rings (SSSR count). The number of methoxy groups -OCH3 is 1. The first-order chi connectivity index (χ1) is 21.7. The lowest BCUT2D eigenvalue weighted by molar-refractivity contribution is -0.140. The summed E-state index contributed by atoms with van der Waals surface area (Å²) in [6, 6.07) is 23.0. The van der Waals surface area contributed by atoms with E-state index in [-0.39, 0.29) is 55.3 Å². The van der Waals surface area contributed by atoms with Gasteiger partial charge in [-0.2, -0.15) is 0 Å². The van der Waals surface area contributed by atoms with Crippen LogP contribution in [-0.2, 0) is 27.2 Å². The molecule has 238 valence electrons. The molecule has 0 unspecified atom stereocenters.